The van der Waals surface area contributed by atoms with Crippen LogP contribution in [-0.2, 0) is 11.3 Å². The van der Waals surface area contributed by atoms with E-state index in [-0.39, 0.29) is 0 Å². The number of benzene rings is 1. The monoisotopic (exact) mass is 356 g/mol. The third kappa shape index (κ3) is 3.81. The van der Waals surface area contributed by atoms with Crippen molar-refractivity contribution in [2.24, 2.45) is 0 Å². The first kappa shape index (κ1) is 13.5. The fourth-order valence-electron chi connectivity index (χ4n) is 1.71. The molecule has 0 bridgehead atoms. The second-order valence-electron chi connectivity index (χ2n) is 4.11. The average molecular weight is 356 g/mol. The van der Waals surface area contributed by atoms with Crippen molar-refractivity contribution in [3.63, 3.8) is 0 Å². The molecule has 0 aliphatic carbocycles. The molecule has 0 spiro atoms. The predicted molar refractivity (Wildman–Crippen MR) is 81.5 cm³/mol. The quantitative estimate of drug-likeness (QED) is 0.584. The van der Waals surface area contributed by atoms with E-state index in [0.717, 1.165) is 31.7 Å². The summed E-state index contributed by atoms with van der Waals surface area (Å²) < 4.78 is 8.63. The van der Waals surface area contributed by atoms with Crippen molar-refractivity contribution in [2.75, 3.05) is 13.2 Å². The van der Waals surface area contributed by atoms with Crippen LogP contribution in [0.2, 0.25) is 0 Å². The molecule has 0 amide bonds. The Balaban J connectivity index is 1.97. The summed E-state index contributed by atoms with van der Waals surface area (Å²) in [6.45, 7) is 4.47. The van der Waals surface area contributed by atoms with Gasteiger partial charge in [-0.05, 0) is 46.7 Å². The Morgan fingerprint density at radius 3 is 2.94 bits per heavy atom. The van der Waals surface area contributed by atoms with E-state index in [4.69, 9.17) is 4.74 Å². The molecule has 0 unspecified atom stereocenters. The maximum absolute atomic E-state index is 5.46. The molecule has 2 aromatic rings. The summed E-state index contributed by atoms with van der Waals surface area (Å²) in [6, 6.07) is 8.43. The van der Waals surface area contributed by atoms with Crippen LogP contribution in [0.5, 0.6) is 0 Å². The van der Waals surface area contributed by atoms with Gasteiger partial charge in [-0.2, -0.15) is 5.10 Å². The van der Waals surface area contributed by atoms with E-state index in [1.807, 2.05) is 10.9 Å². The summed E-state index contributed by atoms with van der Waals surface area (Å²) in [5, 5.41) is 4.35. The van der Waals surface area contributed by atoms with Gasteiger partial charge in [0.2, 0.25) is 0 Å². The molecule has 18 heavy (non-hydrogen) atoms. The molecule has 4 heteroatoms. The second-order valence-corrected chi connectivity index (χ2v) is 5.36. The van der Waals surface area contributed by atoms with Crippen molar-refractivity contribution in [1.29, 1.82) is 0 Å². The van der Waals surface area contributed by atoms with Crippen LogP contribution < -0.4 is 0 Å². The van der Waals surface area contributed by atoms with Crippen molar-refractivity contribution < 1.29 is 4.74 Å². The van der Waals surface area contributed by atoms with Crippen molar-refractivity contribution in [2.45, 2.75) is 19.9 Å². The van der Waals surface area contributed by atoms with Gasteiger partial charge in [-0.25, -0.2) is 0 Å². The van der Waals surface area contributed by atoms with E-state index in [1.54, 1.807) is 0 Å². The molecular formula is C14H17IN2O. The average Bonchev–Trinajstić information content (AvgIpc) is 2.83. The lowest BCUT2D eigenvalue weighted by atomic mass is 10.1. The summed E-state index contributed by atoms with van der Waals surface area (Å²) in [5.74, 6) is 0. The molecule has 0 radical (unpaired) electrons. The molecule has 0 saturated carbocycles. The predicted octanol–water partition coefficient (Wildman–Crippen LogP) is 3.58. The van der Waals surface area contributed by atoms with Gasteiger partial charge >= 0.3 is 0 Å². The first-order valence-corrected chi connectivity index (χ1v) is 7.23. The van der Waals surface area contributed by atoms with E-state index in [9.17, 15) is 0 Å². The molecule has 0 aliphatic rings. The van der Waals surface area contributed by atoms with Crippen LogP contribution in [0.15, 0.2) is 36.7 Å². The van der Waals surface area contributed by atoms with Gasteiger partial charge < -0.3 is 4.74 Å². The molecule has 3 nitrogen and oxygen atoms in total. The number of halogens is 1. The molecule has 0 N–H and O–H groups in total. The fourth-order valence-corrected chi connectivity index (χ4v) is 2.25. The SMILES string of the molecule is CCCOCCn1cc(-c2cccc(I)c2)cn1. The molecule has 96 valence electrons. The van der Waals surface area contributed by atoms with Gasteiger partial charge in [-0.1, -0.05) is 19.1 Å². The highest BCUT2D eigenvalue weighted by atomic mass is 127. The van der Waals surface area contributed by atoms with Crippen LogP contribution in [0.25, 0.3) is 11.1 Å². The lowest BCUT2D eigenvalue weighted by molar-refractivity contribution is 0.124. The highest BCUT2D eigenvalue weighted by Gasteiger charge is 2.02. The molecule has 0 saturated heterocycles. The molecule has 0 aliphatic heterocycles. The Bertz CT molecular complexity index is 496. The maximum atomic E-state index is 5.46. The Morgan fingerprint density at radius 2 is 2.17 bits per heavy atom. The number of hydrogen-bond donors (Lipinski definition) is 0. The van der Waals surface area contributed by atoms with Crippen molar-refractivity contribution in [1.82, 2.24) is 9.78 Å². The van der Waals surface area contributed by atoms with E-state index >= 15 is 0 Å². The topological polar surface area (TPSA) is 27.1 Å². The lowest BCUT2D eigenvalue weighted by Crippen LogP contribution is -2.06. The maximum Gasteiger partial charge on any atom is 0.0662 e. The van der Waals surface area contributed by atoms with E-state index in [2.05, 4.69) is 65.1 Å². The fraction of sp³-hybridized carbons (Fsp3) is 0.357. The number of aromatic nitrogens is 2. The van der Waals surface area contributed by atoms with Gasteiger partial charge in [-0.3, -0.25) is 4.68 Å². The van der Waals surface area contributed by atoms with Crippen LogP contribution in [0.1, 0.15) is 13.3 Å². The highest BCUT2D eigenvalue weighted by Crippen LogP contribution is 2.20. The van der Waals surface area contributed by atoms with Crippen LogP contribution in [-0.4, -0.2) is 23.0 Å². The van der Waals surface area contributed by atoms with Gasteiger partial charge in [0.15, 0.2) is 0 Å². The number of nitrogens with zero attached hydrogens (tertiary/aromatic N) is 2. The van der Waals surface area contributed by atoms with E-state index < -0.39 is 0 Å². The third-order valence-corrected chi connectivity index (χ3v) is 3.28. The summed E-state index contributed by atoms with van der Waals surface area (Å²) in [6.07, 6.45) is 5.04. The summed E-state index contributed by atoms with van der Waals surface area (Å²) >= 11 is 2.32. The van der Waals surface area contributed by atoms with Gasteiger partial charge in [-0.15, -0.1) is 0 Å². The smallest absolute Gasteiger partial charge is 0.0662 e. The summed E-state index contributed by atoms with van der Waals surface area (Å²) in [5.41, 5.74) is 2.37. The largest absolute Gasteiger partial charge is 0.380 e. The van der Waals surface area contributed by atoms with Gasteiger partial charge in [0, 0.05) is 21.9 Å². The summed E-state index contributed by atoms with van der Waals surface area (Å²) in [4.78, 5) is 0. The highest BCUT2D eigenvalue weighted by molar-refractivity contribution is 14.1. The molecule has 0 fully saturated rings. The van der Waals surface area contributed by atoms with Crippen molar-refractivity contribution in [3.8, 4) is 11.1 Å². The zero-order chi connectivity index (χ0) is 12.8. The first-order chi connectivity index (χ1) is 8.79. The van der Waals surface area contributed by atoms with Crippen molar-refractivity contribution >= 4 is 22.6 Å². The van der Waals surface area contributed by atoms with Gasteiger partial charge in [0.25, 0.3) is 0 Å². The minimum Gasteiger partial charge on any atom is -0.380 e. The van der Waals surface area contributed by atoms with Crippen LogP contribution >= 0.6 is 22.6 Å². The van der Waals surface area contributed by atoms with Gasteiger partial charge in [0.05, 0.1) is 19.3 Å². The summed E-state index contributed by atoms with van der Waals surface area (Å²) in [7, 11) is 0. The second kappa shape index (κ2) is 6.89. The minimum atomic E-state index is 0.723. The van der Waals surface area contributed by atoms with Crippen molar-refractivity contribution in [3.05, 3.63) is 40.2 Å². The van der Waals surface area contributed by atoms with Crippen LogP contribution in [0.4, 0.5) is 0 Å². The molecule has 0 atom stereocenters. The lowest BCUT2D eigenvalue weighted by Gasteiger charge is -2.02. The molecule has 1 aromatic heterocycles. The van der Waals surface area contributed by atoms with E-state index in [1.165, 1.54) is 9.13 Å². The Kier molecular flexibility index (Phi) is 5.19. The molecule has 2 rings (SSSR count). The van der Waals surface area contributed by atoms with Crippen LogP contribution in [0.3, 0.4) is 0 Å². The number of hydrogen-bond acceptors (Lipinski definition) is 2. The standard InChI is InChI=1S/C14H17IN2O/c1-2-7-18-8-6-17-11-13(10-16-17)12-4-3-5-14(15)9-12/h3-5,9-11H,2,6-8H2,1H3. The number of ether oxygens (including phenoxy) is 1. The van der Waals surface area contributed by atoms with Crippen LogP contribution in [0, 0.1) is 3.57 Å². The molecule has 1 aromatic carbocycles. The Labute approximate surface area is 121 Å². The minimum absolute atomic E-state index is 0.723. The Hall–Kier alpha value is -0.880. The zero-order valence-corrected chi connectivity index (χ0v) is 12.6. The normalized spacial score (nSPS) is 10.8. The zero-order valence-electron chi connectivity index (χ0n) is 10.5. The third-order valence-electron chi connectivity index (χ3n) is 2.60. The first-order valence-electron chi connectivity index (χ1n) is 6.15. The van der Waals surface area contributed by atoms with Gasteiger partial charge in [0.1, 0.15) is 0 Å². The van der Waals surface area contributed by atoms with E-state index in [0.29, 0.717) is 0 Å². The number of rotatable bonds is 6. The molecular weight excluding hydrogens is 339 g/mol. The Morgan fingerprint density at radius 1 is 1.28 bits per heavy atom. The molecule has 1 heterocycles.